The maximum atomic E-state index is 13.6. The van der Waals surface area contributed by atoms with E-state index in [1.165, 1.54) is 6.92 Å². The van der Waals surface area contributed by atoms with Gasteiger partial charge in [0.05, 0.1) is 18.0 Å². The lowest BCUT2D eigenvalue weighted by molar-refractivity contribution is -0.116. The number of rotatable bonds is 7. The number of carbonyl (C=O) groups excluding carboxylic acids is 1. The van der Waals surface area contributed by atoms with Crippen LogP contribution in [0.4, 0.5) is 20.2 Å². The molecule has 1 amide bonds. The monoisotopic (exact) mass is 438 g/mol. The van der Waals surface area contributed by atoms with Crippen LogP contribution in [-0.4, -0.2) is 32.7 Å². The Morgan fingerprint density at radius 3 is 2.30 bits per heavy atom. The Balaban J connectivity index is 1.72. The van der Waals surface area contributed by atoms with Crippen LogP contribution in [0.1, 0.15) is 32.6 Å². The quantitative estimate of drug-likeness (QED) is 0.707. The lowest BCUT2D eigenvalue weighted by atomic mass is 10.2. The third-order valence-electron chi connectivity index (χ3n) is 4.97. The molecule has 9 heteroatoms. The van der Waals surface area contributed by atoms with Crippen molar-refractivity contribution < 1.29 is 26.7 Å². The van der Waals surface area contributed by atoms with Gasteiger partial charge in [-0.25, -0.2) is 17.2 Å². The minimum absolute atomic E-state index is 0.139. The van der Waals surface area contributed by atoms with Crippen molar-refractivity contribution in [2.45, 2.75) is 44.8 Å². The summed E-state index contributed by atoms with van der Waals surface area (Å²) in [6, 6.07) is 8.28. The van der Waals surface area contributed by atoms with Crippen LogP contribution < -0.4 is 14.4 Å². The maximum Gasteiger partial charge on any atom is 0.247 e. The van der Waals surface area contributed by atoms with Gasteiger partial charge in [0.15, 0.2) is 11.6 Å². The average Bonchev–Trinajstić information content (AvgIpc) is 3.18. The van der Waals surface area contributed by atoms with Crippen LogP contribution >= 0.6 is 0 Å². The van der Waals surface area contributed by atoms with E-state index in [0.29, 0.717) is 11.4 Å². The number of ether oxygens (including phenoxy) is 1. The van der Waals surface area contributed by atoms with Crippen LogP contribution in [0.3, 0.4) is 0 Å². The van der Waals surface area contributed by atoms with Crippen LogP contribution in [0.15, 0.2) is 42.5 Å². The maximum absolute atomic E-state index is 13.6. The molecular weight excluding hydrogens is 414 g/mol. The number of carbonyl (C=O) groups is 1. The molecule has 0 heterocycles. The van der Waals surface area contributed by atoms with Crippen molar-refractivity contribution in [1.82, 2.24) is 0 Å². The second kappa shape index (κ2) is 8.99. The fraction of sp³-hybridized carbons (Fsp3) is 0.381. The highest BCUT2D eigenvalue weighted by molar-refractivity contribution is 7.92. The van der Waals surface area contributed by atoms with Crippen molar-refractivity contribution in [1.29, 1.82) is 0 Å². The van der Waals surface area contributed by atoms with Gasteiger partial charge in [-0.2, -0.15) is 0 Å². The number of halogens is 2. The van der Waals surface area contributed by atoms with Gasteiger partial charge in [-0.1, -0.05) is 0 Å². The van der Waals surface area contributed by atoms with E-state index < -0.39 is 33.6 Å². The first-order valence-corrected chi connectivity index (χ1v) is 11.5. The fourth-order valence-corrected chi connectivity index (χ4v) is 4.66. The third-order valence-corrected chi connectivity index (χ3v) is 6.21. The zero-order valence-electron chi connectivity index (χ0n) is 16.8. The summed E-state index contributed by atoms with van der Waals surface area (Å²) in [6.45, 7) is 1.37. The zero-order chi connectivity index (χ0) is 21.9. The first kappa shape index (κ1) is 22.0. The minimum atomic E-state index is -3.94. The molecule has 2 aromatic carbocycles. The van der Waals surface area contributed by atoms with Crippen molar-refractivity contribution in [3.05, 3.63) is 54.1 Å². The molecule has 0 spiro atoms. The minimum Gasteiger partial charge on any atom is -0.490 e. The lowest BCUT2D eigenvalue weighted by Gasteiger charge is -2.28. The molecule has 1 aliphatic carbocycles. The summed E-state index contributed by atoms with van der Waals surface area (Å²) in [7, 11) is -3.94. The molecule has 0 aliphatic heterocycles. The SMILES string of the molecule is C[C@@H](C(=O)Nc1ccc(OC2CCCC2)cc1)N(c1ccc(F)c(F)c1)S(C)(=O)=O. The van der Waals surface area contributed by atoms with E-state index in [1.807, 2.05) is 0 Å². The van der Waals surface area contributed by atoms with Gasteiger partial charge >= 0.3 is 0 Å². The van der Waals surface area contributed by atoms with E-state index in [4.69, 9.17) is 4.74 Å². The van der Waals surface area contributed by atoms with Gasteiger partial charge in [-0.05, 0) is 69.0 Å². The number of sulfonamides is 1. The third kappa shape index (κ3) is 5.27. The molecule has 3 rings (SSSR count). The summed E-state index contributed by atoms with van der Waals surface area (Å²) in [6.07, 6.45) is 5.48. The van der Waals surface area contributed by atoms with Gasteiger partial charge in [0.2, 0.25) is 15.9 Å². The summed E-state index contributed by atoms with van der Waals surface area (Å²) in [5.41, 5.74) is 0.323. The average molecular weight is 438 g/mol. The molecule has 0 unspecified atom stereocenters. The van der Waals surface area contributed by atoms with E-state index in [-0.39, 0.29) is 11.8 Å². The topological polar surface area (TPSA) is 75.7 Å². The number of hydrogen-bond donors (Lipinski definition) is 1. The van der Waals surface area contributed by atoms with Crippen LogP contribution in [0.5, 0.6) is 5.75 Å². The van der Waals surface area contributed by atoms with Crippen LogP contribution in [-0.2, 0) is 14.8 Å². The normalized spacial score (nSPS) is 15.6. The van der Waals surface area contributed by atoms with Gasteiger partial charge in [-0.3, -0.25) is 9.10 Å². The number of hydrogen-bond acceptors (Lipinski definition) is 4. The predicted octanol–water partition coefficient (Wildman–Crippen LogP) is 4.08. The van der Waals surface area contributed by atoms with E-state index in [1.54, 1.807) is 24.3 Å². The van der Waals surface area contributed by atoms with Crippen LogP contribution in [0.25, 0.3) is 0 Å². The molecule has 1 fully saturated rings. The highest BCUT2D eigenvalue weighted by atomic mass is 32.2. The smallest absolute Gasteiger partial charge is 0.247 e. The number of amides is 1. The van der Waals surface area contributed by atoms with Crippen molar-refractivity contribution >= 4 is 27.3 Å². The Kier molecular flexibility index (Phi) is 6.60. The molecule has 162 valence electrons. The van der Waals surface area contributed by atoms with Gasteiger partial charge in [0, 0.05) is 11.8 Å². The Morgan fingerprint density at radius 1 is 1.10 bits per heavy atom. The number of nitrogens with zero attached hydrogens (tertiary/aromatic N) is 1. The van der Waals surface area contributed by atoms with E-state index in [9.17, 15) is 22.0 Å². The molecule has 0 bridgehead atoms. The van der Waals surface area contributed by atoms with Gasteiger partial charge < -0.3 is 10.1 Å². The molecule has 0 saturated heterocycles. The van der Waals surface area contributed by atoms with Gasteiger partial charge in [-0.15, -0.1) is 0 Å². The second-order valence-corrected chi connectivity index (χ2v) is 9.23. The number of benzene rings is 2. The summed E-state index contributed by atoms with van der Waals surface area (Å²) in [4.78, 5) is 12.7. The Hall–Kier alpha value is -2.68. The van der Waals surface area contributed by atoms with Crippen molar-refractivity contribution in [2.24, 2.45) is 0 Å². The molecule has 0 radical (unpaired) electrons. The lowest BCUT2D eigenvalue weighted by Crippen LogP contribution is -2.45. The first-order valence-electron chi connectivity index (χ1n) is 9.67. The Morgan fingerprint density at radius 2 is 1.73 bits per heavy atom. The Labute approximate surface area is 174 Å². The standard InChI is InChI=1S/C21H24F2N2O4S/c1-14(25(30(2,27)28)16-9-12-19(22)20(23)13-16)21(26)24-15-7-10-18(11-8-15)29-17-5-3-4-6-17/h7-14,17H,3-6H2,1-2H3,(H,24,26)/t14-/m0/s1. The van der Waals surface area contributed by atoms with E-state index >= 15 is 0 Å². The molecule has 1 saturated carbocycles. The predicted molar refractivity (Wildman–Crippen MR) is 111 cm³/mol. The van der Waals surface area contributed by atoms with E-state index in [2.05, 4.69) is 5.32 Å². The molecular formula is C21H24F2N2O4S. The molecule has 6 nitrogen and oxygen atoms in total. The van der Waals surface area contributed by atoms with Crippen LogP contribution in [0, 0.1) is 11.6 Å². The number of anilines is 2. The summed E-state index contributed by atoms with van der Waals surface area (Å²) >= 11 is 0. The van der Waals surface area contributed by atoms with Crippen molar-refractivity contribution in [3.63, 3.8) is 0 Å². The Bertz CT molecular complexity index is 1010. The fourth-order valence-electron chi connectivity index (χ4n) is 3.49. The molecule has 0 aromatic heterocycles. The molecule has 1 aliphatic rings. The highest BCUT2D eigenvalue weighted by Gasteiger charge is 2.30. The highest BCUT2D eigenvalue weighted by Crippen LogP contribution is 2.26. The van der Waals surface area contributed by atoms with Crippen LogP contribution in [0.2, 0.25) is 0 Å². The van der Waals surface area contributed by atoms with Gasteiger partial charge in [0.1, 0.15) is 11.8 Å². The largest absolute Gasteiger partial charge is 0.490 e. The summed E-state index contributed by atoms with van der Waals surface area (Å²) < 4.78 is 58.0. The zero-order valence-corrected chi connectivity index (χ0v) is 17.6. The second-order valence-electron chi connectivity index (χ2n) is 7.37. The molecule has 1 N–H and O–H groups in total. The van der Waals surface area contributed by atoms with Crippen molar-refractivity contribution in [2.75, 3.05) is 15.9 Å². The summed E-state index contributed by atoms with van der Waals surface area (Å²) in [5.74, 6) is -2.22. The summed E-state index contributed by atoms with van der Waals surface area (Å²) in [5, 5.41) is 2.64. The molecule has 1 atom stereocenters. The molecule has 2 aromatic rings. The number of nitrogens with one attached hydrogen (secondary N) is 1. The molecule has 30 heavy (non-hydrogen) atoms. The van der Waals surface area contributed by atoms with Crippen molar-refractivity contribution in [3.8, 4) is 5.75 Å². The van der Waals surface area contributed by atoms with E-state index in [0.717, 1.165) is 54.4 Å². The first-order chi connectivity index (χ1) is 14.1. The van der Waals surface area contributed by atoms with Gasteiger partial charge in [0.25, 0.3) is 0 Å².